The molecule has 2 rings (SSSR count). The molecule has 1 aromatic rings. The zero-order valence-electron chi connectivity index (χ0n) is 8.42. The molecule has 1 unspecified atom stereocenters. The fourth-order valence-corrected chi connectivity index (χ4v) is 1.66. The van der Waals surface area contributed by atoms with E-state index in [2.05, 4.69) is 18.3 Å². The van der Waals surface area contributed by atoms with Gasteiger partial charge in [-0.2, -0.15) is 0 Å². The number of nitrogens with two attached hydrogens (primary N) is 1. The Hall–Kier alpha value is -1.22. The van der Waals surface area contributed by atoms with Gasteiger partial charge in [0.15, 0.2) is 0 Å². The molecule has 0 aromatic heterocycles. The van der Waals surface area contributed by atoms with E-state index in [1.165, 1.54) is 5.56 Å². The molecule has 0 radical (unpaired) electrons. The lowest BCUT2D eigenvalue weighted by Gasteiger charge is -2.14. The fraction of sp³-hybridized carbons (Fsp3) is 0.455. The Kier molecular flexibility index (Phi) is 2.59. The molecule has 0 spiro atoms. The molecule has 0 saturated carbocycles. The van der Waals surface area contributed by atoms with Gasteiger partial charge in [-0.05, 0) is 31.0 Å². The molecule has 76 valence electrons. The van der Waals surface area contributed by atoms with Crippen molar-refractivity contribution in [3.63, 3.8) is 0 Å². The third-order valence-corrected chi connectivity index (χ3v) is 2.50. The minimum atomic E-state index is 0.416. The lowest BCUT2D eigenvalue weighted by atomic mass is 10.1. The minimum Gasteiger partial charge on any atom is -0.397 e. The van der Waals surface area contributed by atoms with Gasteiger partial charge in [0.2, 0.25) is 0 Å². The maximum absolute atomic E-state index is 5.86. The highest BCUT2D eigenvalue weighted by molar-refractivity contribution is 5.67. The zero-order chi connectivity index (χ0) is 9.97. The average molecular weight is 192 g/mol. The fourth-order valence-electron chi connectivity index (χ4n) is 1.66. The first kappa shape index (κ1) is 9.34. The second-order valence-corrected chi connectivity index (χ2v) is 3.80. The van der Waals surface area contributed by atoms with E-state index in [1.807, 2.05) is 12.1 Å². The Balaban J connectivity index is 2.10. The Morgan fingerprint density at radius 3 is 3.07 bits per heavy atom. The first-order valence-corrected chi connectivity index (χ1v) is 4.96. The normalized spacial score (nSPS) is 21.1. The number of nitrogens with one attached hydrogen (secondary N) is 1. The molecule has 3 nitrogen and oxygen atoms in total. The van der Waals surface area contributed by atoms with Gasteiger partial charge in [-0.15, -0.1) is 0 Å². The van der Waals surface area contributed by atoms with E-state index in [0.717, 1.165) is 31.0 Å². The van der Waals surface area contributed by atoms with Crippen LogP contribution in [-0.2, 0) is 4.74 Å². The van der Waals surface area contributed by atoms with E-state index in [4.69, 9.17) is 10.5 Å². The molecule has 0 amide bonds. The van der Waals surface area contributed by atoms with Crippen LogP contribution < -0.4 is 11.1 Å². The van der Waals surface area contributed by atoms with Gasteiger partial charge in [0.05, 0.1) is 24.0 Å². The number of rotatable bonds is 2. The van der Waals surface area contributed by atoms with E-state index in [9.17, 15) is 0 Å². The second kappa shape index (κ2) is 3.88. The first-order valence-electron chi connectivity index (χ1n) is 4.96. The number of hydrogen-bond acceptors (Lipinski definition) is 3. The van der Waals surface area contributed by atoms with Crippen molar-refractivity contribution < 1.29 is 4.74 Å². The largest absolute Gasteiger partial charge is 0.397 e. The summed E-state index contributed by atoms with van der Waals surface area (Å²) in [7, 11) is 0. The molecule has 14 heavy (non-hydrogen) atoms. The number of nitrogen functional groups attached to an aromatic ring is 1. The van der Waals surface area contributed by atoms with Gasteiger partial charge in [0, 0.05) is 6.61 Å². The Bertz CT molecular complexity index is 319. The molecule has 3 N–H and O–H groups in total. The quantitative estimate of drug-likeness (QED) is 0.702. The van der Waals surface area contributed by atoms with Crippen molar-refractivity contribution in [2.75, 3.05) is 24.3 Å². The summed E-state index contributed by atoms with van der Waals surface area (Å²) in [4.78, 5) is 0. The highest BCUT2D eigenvalue weighted by Crippen LogP contribution is 2.22. The number of aryl methyl sites for hydroxylation is 1. The summed E-state index contributed by atoms with van der Waals surface area (Å²) >= 11 is 0. The summed E-state index contributed by atoms with van der Waals surface area (Å²) in [6.45, 7) is 3.70. The molecule has 1 aliphatic rings. The summed E-state index contributed by atoms with van der Waals surface area (Å²) in [6.07, 6.45) is 1.06. The molecule has 1 aromatic carbocycles. The predicted octanol–water partition coefficient (Wildman–Crippen LogP) is 1.78. The average Bonchev–Trinajstić information content (AvgIpc) is 2.64. The lowest BCUT2D eigenvalue weighted by Crippen LogP contribution is -2.19. The van der Waals surface area contributed by atoms with Gasteiger partial charge in [-0.25, -0.2) is 0 Å². The van der Waals surface area contributed by atoms with Crippen molar-refractivity contribution in [1.29, 1.82) is 0 Å². The number of hydrogen-bond donors (Lipinski definition) is 2. The molecular weight excluding hydrogens is 176 g/mol. The molecule has 3 heteroatoms. The Morgan fingerprint density at radius 2 is 2.36 bits per heavy atom. The van der Waals surface area contributed by atoms with Crippen LogP contribution in [0.1, 0.15) is 12.0 Å². The van der Waals surface area contributed by atoms with Crippen molar-refractivity contribution in [3.8, 4) is 0 Å². The van der Waals surface area contributed by atoms with Crippen LogP contribution in [0.5, 0.6) is 0 Å². The highest BCUT2D eigenvalue weighted by Gasteiger charge is 2.15. The van der Waals surface area contributed by atoms with Crippen LogP contribution in [0, 0.1) is 6.92 Å². The van der Waals surface area contributed by atoms with Crippen LogP contribution in [0.15, 0.2) is 18.2 Å². The van der Waals surface area contributed by atoms with Crippen LogP contribution in [0.25, 0.3) is 0 Å². The van der Waals surface area contributed by atoms with Crippen molar-refractivity contribution in [2.45, 2.75) is 19.4 Å². The standard InChI is InChI=1S/C11H16N2O/c1-8-2-3-10(12)11(6-8)13-9-4-5-14-7-9/h2-3,6,9,13H,4-5,7,12H2,1H3. The molecule has 1 atom stereocenters. The number of anilines is 2. The molecule has 1 saturated heterocycles. The van der Waals surface area contributed by atoms with Crippen molar-refractivity contribution in [1.82, 2.24) is 0 Å². The van der Waals surface area contributed by atoms with Crippen LogP contribution in [-0.4, -0.2) is 19.3 Å². The summed E-state index contributed by atoms with van der Waals surface area (Å²) < 4.78 is 5.30. The second-order valence-electron chi connectivity index (χ2n) is 3.80. The van der Waals surface area contributed by atoms with Gasteiger partial charge in [0.1, 0.15) is 0 Å². The number of benzene rings is 1. The summed E-state index contributed by atoms with van der Waals surface area (Å²) in [5.74, 6) is 0. The number of ether oxygens (including phenoxy) is 1. The first-order chi connectivity index (χ1) is 6.75. The summed E-state index contributed by atoms with van der Waals surface area (Å²) in [6, 6.07) is 6.45. The molecular formula is C11H16N2O. The van der Waals surface area contributed by atoms with Gasteiger partial charge < -0.3 is 15.8 Å². The predicted molar refractivity (Wildman–Crippen MR) is 58.4 cm³/mol. The van der Waals surface area contributed by atoms with Gasteiger partial charge in [-0.3, -0.25) is 0 Å². The van der Waals surface area contributed by atoms with E-state index in [0.29, 0.717) is 6.04 Å². The van der Waals surface area contributed by atoms with E-state index < -0.39 is 0 Å². The van der Waals surface area contributed by atoms with Crippen LogP contribution >= 0.6 is 0 Å². The molecule has 1 heterocycles. The summed E-state index contributed by atoms with van der Waals surface area (Å²) in [5.41, 5.74) is 8.92. The highest BCUT2D eigenvalue weighted by atomic mass is 16.5. The zero-order valence-corrected chi connectivity index (χ0v) is 8.42. The minimum absolute atomic E-state index is 0.416. The monoisotopic (exact) mass is 192 g/mol. The Morgan fingerprint density at radius 1 is 1.50 bits per heavy atom. The van der Waals surface area contributed by atoms with Gasteiger partial charge >= 0.3 is 0 Å². The van der Waals surface area contributed by atoms with Crippen LogP contribution in [0.3, 0.4) is 0 Å². The van der Waals surface area contributed by atoms with Crippen molar-refractivity contribution in [3.05, 3.63) is 23.8 Å². The maximum Gasteiger partial charge on any atom is 0.0668 e. The van der Waals surface area contributed by atoms with E-state index in [1.54, 1.807) is 0 Å². The third kappa shape index (κ3) is 1.99. The smallest absolute Gasteiger partial charge is 0.0668 e. The molecule has 0 bridgehead atoms. The lowest BCUT2D eigenvalue weighted by molar-refractivity contribution is 0.195. The van der Waals surface area contributed by atoms with Gasteiger partial charge in [-0.1, -0.05) is 6.07 Å². The third-order valence-electron chi connectivity index (χ3n) is 2.50. The molecule has 1 fully saturated rings. The molecule has 1 aliphatic heterocycles. The topological polar surface area (TPSA) is 47.3 Å². The van der Waals surface area contributed by atoms with E-state index in [-0.39, 0.29) is 0 Å². The van der Waals surface area contributed by atoms with Crippen molar-refractivity contribution >= 4 is 11.4 Å². The SMILES string of the molecule is Cc1ccc(N)c(NC2CCOC2)c1. The Labute approximate surface area is 84.3 Å². The van der Waals surface area contributed by atoms with Gasteiger partial charge in [0.25, 0.3) is 0 Å². The summed E-state index contributed by atoms with van der Waals surface area (Å²) in [5, 5.41) is 3.40. The van der Waals surface area contributed by atoms with Crippen LogP contribution in [0.2, 0.25) is 0 Å². The maximum atomic E-state index is 5.86. The van der Waals surface area contributed by atoms with Crippen molar-refractivity contribution in [2.24, 2.45) is 0 Å². The van der Waals surface area contributed by atoms with Crippen LogP contribution in [0.4, 0.5) is 11.4 Å². The molecule has 0 aliphatic carbocycles. The van der Waals surface area contributed by atoms with E-state index >= 15 is 0 Å².